The van der Waals surface area contributed by atoms with Crippen molar-refractivity contribution in [1.82, 2.24) is 14.3 Å². The minimum Gasteiger partial charge on any atom is -0.376 e. The second kappa shape index (κ2) is 14.6. The highest BCUT2D eigenvalue weighted by Gasteiger charge is 2.18. The van der Waals surface area contributed by atoms with Crippen molar-refractivity contribution in [2.45, 2.75) is 26.7 Å². The Hall–Kier alpha value is -4.71. The summed E-state index contributed by atoms with van der Waals surface area (Å²) in [6.07, 6.45) is 3.90. The molecule has 0 spiro atoms. The van der Waals surface area contributed by atoms with Gasteiger partial charge in [-0.2, -0.15) is 0 Å². The lowest BCUT2D eigenvalue weighted by molar-refractivity contribution is -0.385. The van der Waals surface area contributed by atoms with Crippen molar-refractivity contribution in [3.05, 3.63) is 128 Å². The van der Waals surface area contributed by atoms with Crippen LogP contribution >= 0.6 is 23.2 Å². The van der Waals surface area contributed by atoms with E-state index >= 15 is 0 Å². The number of carbonyl (C=O) groups excluding carboxylic acids is 1. The van der Waals surface area contributed by atoms with Crippen LogP contribution in [0.15, 0.2) is 91.1 Å². The molecule has 2 N–H and O–H groups in total. The maximum atomic E-state index is 11.9. The number of nitrogens with one attached hydrogen (secondary N) is 2. The summed E-state index contributed by atoms with van der Waals surface area (Å²) in [6, 6.07) is 25.7. The number of nitro groups is 1. The molecule has 0 aliphatic heterocycles. The average molecular weight is 707 g/mol. The molecule has 1 aromatic heterocycles. The van der Waals surface area contributed by atoms with Crippen LogP contribution in [0, 0.1) is 16.0 Å². The lowest BCUT2D eigenvalue weighted by Crippen LogP contribution is -2.34. The number of aromatic nitrogens is 2. The third-order valence-corrected chi connectivity index (χ3v) is 8.59. The molecule has 0 unspecified atom stereocenters. The van der Waals surface area contributed by atoms with E-state index in [1.54, 1.807) is 30.3 Å². The molecule has 0 saturated carbocycles. The van der Waals surface area contributed by atoms with Gasteiger partial charge in [0.1, 0.15) is 5.82 Å². The number of sulfonamides is 1. The van der Waals surface area contributed by atoms with Crippen molar-refractivity contribution in [1.29, 1.82) is 0 Å². The molecule has 13 heteroatoms. The number of nitro benzene ring substituents is 1. The zero-order valence-electron chi connectivity index (χ0n) is 26.4. The van der Waals surface area contributed by atoms with Gasteiger partial charge in [-0.05, 0) is 71.5 Å². The quantitative estimate of drug-likeness (QED) is 0.100. The number of carbonyl (C=O) groups is 1. The van der Waals surface area contributed by atoms with Crippen molar-refractivity contribution in [2.75, 3.05) is 18.1 Å². The summed E-state index contributed by atoms with van der Waals surface area (Å²) >= 11 is 12.7. The first-order valence-electron chi connectivity index (χ1n) is 15.0. The number of halogens is 2. The molecule has 0 bridgehead atoms. The molecule has 5 rings (SSSR count). The Morgan fingerprint density at radius 3 is 2.27 bits per heavy atom. The van der Waals surface area contributed by atoms with Gasteiger partial charge in [0.2, 0.25) is 10.0 Å². The van der Waals surface area contributed by atoms with Crippen LogP contribution in [-0.2, 0) is 27.7 Å². The normalized spacial score (nSPS) is 11.5. The van der Waals surface area contributed by atoms with Crippen LogP contribution in [0.1, 0.15) is 30.8 Å². The maximum absolute atomic E-state index is 11.9. The molecule has 10 nitrogen and oxygen atoms in total. The number of hydrogen-bond donors (Lipinski definition) is 2. The Kier molecular flexibility index (Phi) is 10.5. The Bertz CT molecular complexity index is 2080. The lowest BCUT2D eigenvalue weighted by atomic mass is 9.96. The molecule has 5 aromatic rings. The average Bonchev–Trinajstić information content (AvgIpc) is 3.43. The highest BCUT2D eigenvalue weighted by molar-refractivity contribution is 7.89. The first-order chi connectivity index (χ1) is 22.8. The Labute approximate surface area is 288 Å². The lowest BCUT2D eigenvalue weighted by Gasteiger charge is -2.11. The summed E-state index contributed by atoms with van der Waals surface area (Å²) in [4.78, 5) is 28.3. The van der Waals surface area contributed by atoms with Crippen LogP contribution in [0.5, 0.6) is 0 Å². The molecule has 1 amide bonds. The van der Waals surface area contributed by atoms with E-state index in [0.29, 0.717) is 45.7 Å². The second-order valence-electron chi connectivity index (χ2n) is 11.8. The number of benzene rings is 4. The van der Waals surface area contributed by atoms with E-state index in [1.165, 1.54) is 0 Å². The number of imidazole rings is 1. The summed E-state index contributed by atoms with van der Waals surface area (Å²) in [6.45, 7) is 3.86. The predicted molar refractivity (Wildman–Crippen MR) is 190 cm³/mol. The molecule has 0 radical (unpaired) electrons. The zero-order valence-corrected chi connectivity index (χ0v) is 28.7. The van der Waals surface area contributed by atoms with E-state index < -0.39 is 15.9 Å². The van der Waals surface area contributed by atoms with Gasteiger partial charge in [-0.15, -0.1) is 0 Å². The monoisotopic (exact) mass is 705 g/mol. The van der Waals surface area contributed by atoms with E-state index in [2.05, 4.69) is 5.32 Å². The van der Waals surface area contributed by atoms with Crippen molar-refractivity contribution < 1.29 is 18.1 Å². The minimum atomic E-state index is -3.65. The van der Waals surface area contributed by atoms with Gasteiger partial charge in [0, 0.05) is 46.2 Å². The van der Waals surface area contributed by atoms with Gasteiger partial charge in [0.05, 0.1) is 28.4 Å². The number of amides is 1. The predicted octanol–water partition coefficient (Wildman–Crippen LogP) is 7.70. The van der Waals surface area contributed by atoms with Gasteiger partial charge in [-0.25, -0.2) is 13.4 Å². The van der Waals surface area contributed by atoms with Crippen LogP contribution in [0.25, 0.3) is 28.1 Å². The molecule has 248 valence electrons. The van der Waals surface area contributed by atoms with Gasteiger partial charge in [-0.3, -0.25) is 19.6 Å². The van der Waals surface area contributed by atoms with Crippen LogP contribution in [0.2, 0.25) is 10.0 Å². The Morgan fingerprint density at radius 2 is 1.65 bits per heavy atom. The molecule has 0 saturated heterocycles. The Balaban J connectivity index is 1.42. The number of nitrogens with zero attached hydrogens (tertiary/aromatic N) is 3. The van der Waals surface area contributed by atoms with Crippen LogP contribution < -0.4 is 10.0 Å². The van der Waals surface area contributed by atoms with Gasteiger partial charge in [-0.1, -0.05) is 73.4 Å². The van der Waals surface area contributed by atoms with Crippen LogP contribution in [0.4, 0.5) is 11.4 Å². The molecule has 0 aliphatic carbocycles. The summed E-state index contributed by atoms with van der Waals surface area (Å²) in [5, 5.41) is 15.7. The largest absolute Gasteiger partial charge is 0.376 e. The highest BCUT2D eigenvalue weighted by atomic mass is 35.5. The summed E-state index contributed by atoms with van der Waals surface area (Å²) in [7, 11) is -3.65. The molecule has 1 heterocycles. The SMILES string of the molecule is CC(C)Cc1ccc(-c2ccc(Cc3nc(-c4ccc(Cl)cc4Cl)cn3-c3ccc(NCC(=O)NS(C)(=O)=O)cc3)cc2)cc1[N+](=O)[O-]. The fourth-order valence-electron chi connectivity index (χ4n) is 5.28. The third-order valence-electron chi connectivity index (χ3n) is 7.44. The standard InChI is InChI=1S/C35H33Cl2N5O5S/c1-22(2)16-26-9-8-25(18-33(26)42(44)45)24-6-4-23(5-7-24)17-34-39-32(30-15-10-27(36)19-31(30)37)21-41(34)29-13-11-28(12-14-29)38-20-35(43)40-48(3,46)47/h4-15,18-19,21-22,38H,16-17,20H2,1-3H3,(H,40,43). The fraction of sp³-hybridized carbons (Fsp3) is 0.200. The molecule has 4 aromatic carbocycles. The summed E-state index contributed by atoms with van der Waals surface area (Å²) in [5.41, 5.74) is 6.24. The van der Waals surface area contributed by atoms with E-state index in [4.69, 9.17) is 28.2 Å². The van der Waals surface area contributed by atoms with Crippen LogP contribution in [0.3, 0.4) is 0 Å². The number of rotatable bonds is 12. The van der Waals surface area contributed by atoms with E-state index in [0.717, 1.165) is 40.0 Å². The van der Waals surface area contributed by atoms with Gasteiger partial charge in [0.15, 0.2) is 0 Å². The number of anilines is 1. The van der Waals surface area contributed by atoms with E-state index in [-0.39, 0.29) is 17.2 Å². The van der Waals surface area contributed by atoms with Gasteiger partial charge < -0.3 is 9.88 Å². The zero-order chi connectivity index (χ0) is 34.6. The van der Waals surface area contributed by atoms with Crippen molar-refractivity contribution in [3.63, 3.8) is 0 Å². The molecular weight excluding hydrogens is 673 g/mol. The summed E-state index contributed by atoms with van der Waals surface area (Å²) in [5.74, 6) is 0.357. The van der Waals surface area contributed by atoms with Crippen molar-refractivity contribution >= 4 is 50.5 Å². The summed E-state index contributed by atoms with van der Waals surface area (Å²) < 4.78 is 26.5. The van der Waals surface area contributed by atoms with Gasteiger partial charge in [0.25, 0.3) is 11.6 Å². The highest BCUT2D eigenvalue weighted by Crippen LogP contribution is 2.32. The third kappa shape index (κ3) is 8.80. The fourth-order valence-corrected chi connectivity index (χ4v) is 6.27. The molecular formula is C35H33Cl2N5O5S. The molecule has 0 fully saturated rings. The second-order valence-corrected chi connectivity index (χ2v) is 14.4. The first kappa shape index (κ1) is 34.6. The van der Waals surface area contributed by atoms with E-state index in [9.17, 15) is 23.3 Å². The smallest absolute Gasteiger partial charge is 0.273 e. The van der Waals surface area contributed by atoms with Gasteiger partial charge >= 0.3 is 0 Å². The van der Waals surface area contributed by atoms with E-state index in [1.807, 2.05) is 83.9 Å². The topological polar surface area (TPSA) is 136 Å². The number of hydrogen-bond acceptors (Lipinski definition) is 7. The molecule has 0 atom stereocenters. The molecule has 48 heavy (non-hydrogen) atoms. The maximum Gasteiger partial charge on any atom is 0.273 e. The minimum absolute atomic E-state index is 0.124. The van der Waals surface area contributed by atoms with Crippen molar-refractivity contribution in [3.8, 4) is 28.1 Å². The Morgan fingerprint density at radius 1 is 0.958 bits per heavy atom. The first-order valence-corrected chi connectivity index (χ1v) is 17.7. The van der Waals surface area contributed by atoms with Crippen LogP contribution in [-0.4, -0.2) is 41.6 Å². The van der Waals surface area contributed by atoms with Crippen molar-refractivity contribution in [2.24, 2.45) is 5.92 Å². The molecule has 0 aliphatic rings.